The second kappa shape index (κ2) is 6.86. The van der Waals surface area contributed by atoms with Gasteiger partial charge in [0.1, 0.15) is 0 Å². The number of pyridine rings is 1. The van der Waals surface area contributed by atoms with Crippen LogP contribution in [-0.4, -0.2) is 23.6 Å². The van der Waals surface area contributed by atoms with E-state index in [2.05, 4.69) is 16.9 Å². The van der Waals surface area contributed by atoms with Crippen molar-refractivity contribution in [2.45, 2.75) is 31.9 Å². The van der Waals surface area contributed by atoms with E-state index >= 15 is 0 Å². The van der Waals surface area contributed by atoms with Gasteiger partial charge in [0.2, 0.25) is 5.91 Å². The molecule has 1 fully saturated rings. The lowest BCUT2D eigenvalue weighted by atomic mass is 9.94. The third-order valence-corrected chi connectivity index (χ3v) is 4.31. The number of alkyl halides is 3. The second-order valence-electron chi connectivity index (χ2n) is 6.30. The van der Waals surface area contributed by atoms with Crippen molar-refractivity contribution in [3.63, 3.8) is 0 Å². The van der Waals surface area contributed by atoms with E-state index < -0.39 is 11.7 Å². The van der Waals surface area contributed by atoms with E-state index in [1.165, 1.54) is 6.07 Å². The molecule has 0 spiro atoms. The number of aryl methyl sites for hydroxylation is 1. The first-order valence-electron chi connectivity index (χ1n) is 8.27. The van der Waals surface area contributed by atoms with Crippen molar-refractivity contribution in [2.24, 2.45) is 5.92 Å². The van der Waals surface area contributed by atoms with Crippen molar-refractivity contribution in [1.29, 1.82) is 0 Å². The van der Waals surface area contributed by atoms with Crippen LogP contribution in [0.4, 0.5) is 13.2 Å². The minimum Gasteiger partial charge on any atom is -0.352 e. The summed E-state index contributed by atoms with van der Waals surface area (Å²) in [6.07, 6.45) is 6.05. The Bertz CT molecular complexity index is 759. The molecule has 1 aromatic rings. The van der Waals surface area contributed by atoms with Crippen LogP contribution in [0, 0.1) is 5.92 Å². The maximum absolute atomic E-state index is 13.0. The van der Waals surface area contributed by atoms with Crippen molar-refractivity contribution >= 4 is 23.6 Å². The van der Waals surface area contributed by atoms with Gasteiger partial charge in [0.25, 0.3) is 0 Å². The molecule has 0 unspecified atom stereocenters. The fourth-order valence-electron chi connectivity index (χ4n) is 2.72. The first kappa shape index (κ1) is 17.5. The Hall–Kier alpha value is -2.37. The zero-order chi connectivity index (χ0) is 18.0. The number of nitrogens with one attached hydrogen (secondary N) is 1. The van der Waals surface area contributed by atoms with Gasteiger partial charge < -0.3 is 5.32 Å². The molecule has 3 nitrogen and oxygen atoms in total. The fraction of sp³-hybridized carbons (Fsp3) is 0.368. The molecule has 1 saturated carbocycles. The maximum Gasteiger partial charge on any atom is 0.417 e. The van der Waals surface area contributed by atoms with Crippen molar-refractivity contribution < 1.29 is 18.0 Å². The highest BCUT2D eigenvalue weighted by molar-refractivity contribution is 5.81. The Morgan fingerprint density at radius 1 is 1.40 bits per heavy atom. The molecule has 2 aliphatic rings. The molecule has 0 aromatic carbocycles. The third-order valence-electron chi connectivity index (χ3n) is 4.31. The van der Waals surface area contributed by atoms with Gasteiger partial charge >= 0.3 is 6.18 Å². The summed E-state index contributed by atoms with van der Waals surface area (Å²) in [4.78, 5) is 15.7. The number of allylic oxidation sites excluding steroid dienone is 2. The minimum atomic E-state index is -4.51. The minimum absolute atomic E-state index is 0.0266. The Balaban J connectivity index is 1.82. The molecule has 0 atom stereocenters. The van der Waals surface area contributed by atoms with E-state index in [-0.39, 0.29) is 17.5 Å². The molecular weight excluding hydrogens is 329 g/mol. The van der Waals surface area contributed by atoms with Gasteiger partial charge in [-0.25, -0.2) is 4.98 Å². The Kier molecular flexibility index (Phi) is 4.79. The summed E-state index contributed by atoms with van der Waals surface area (Å²) in [7, 11) is 0. The molecule has 3 rings (SSSR count). The number of hydrogen-bond acceptors (Lipinski definition) is 2. The molecule has 0 saturated heterocycles. The predicted molar refractivity (Wildman–Crippen MR) is 91.4 cm³/mol. The van der Waals surface area contributed by atoms with Gasteiger partial charge in [-0.2, -0.15) is 13.2 Å². The number of fused-ring (bicyclic) bond motifs is 1. The van der Waals surface area contributed by atoms with Crippen LogP contribution in [0.1, 0.15) is 41.8 Å². The summed E-state index contributed by atoms with van der Waals surface area (Å²) >= 11 is 0. The monoisotopic (exact) mass is 348 g/mol. The van der Waals surface area contributed by atoms with Gasteiger partial charge in [0.15, 0.2) is 0 Å². The van der Waals surface area contributed by atoms with Crippen molar-refractivity contribution in [3.8, 4) is 0 Å². The summed E-state index contributed by atoms with van der Waals surface area (Å²) in [6.45, 7) is 3.48. The number of rotatable bonds is 5. The number of amides is 1. The molecule has 132 valence electrons. The molecule has 1 aromatic heterocycles. The molecule has 25 heavy (non-hydrogen) atoms. The number of aromatic nitrogens is 1. The zero-order valence-corrected chi connectivity index (χ0v) is 13.7. The molecule has 1 amide bonds. The normalized spacial score (nSPS) is 16.8. The maximum atomic E-state index is 13.0. The molecule has 6 heteroatoms. The van der Waals surface area contributed by atoms with Gasteiger partial charge in [-0.15, -0.1) is 0 Å². The largest absolute Gasteiger partial charge is 0.417 e. The van der Waals surface area contributed by atoms with E-state index in [1.807, 2.05) is 12.2 Å². The molecule has 2 aliphatic carbocycles. The number of carbonyl (C=O) groups excluding carboxylic acids is 1. The van der Waals surface area contributed by atoms with E-state index in [0.717, 1.165) is 30.4 Å². The van der Waals surface area contributed by atoms with Crippen LogP contribution in [-0.2, 0) is 11.2 Å². The van der Waals surface area contributed by atoms with Crippen LogP contribution < -0.4 is 5.32 Å². The highest BCUT2D eigenvalue weighted by Crippen LogP contribution is 2.34. The smallest absolute Gasteiger partial charge is 0.352 e. The summed E-state index contributed by atoms with van der Waals surface area (Å²) in [5.74, 6) is 0.152. The molecule has 0 radical (unpaired) electrons. The standard InChI is InChI=1S/C19H19F3N2O/c1-12(19(20,21)22)17-11-14-5-2-3-6-15(14)16(24-17)7-4-10-23-18(25)13-8-9-13/h3-4,6-7,11,13H,1-2,5,8-10H2,(H,23,25)/b7-4+. The summed E-state index contributed by atoms with van der Waals surface area (Å²) in [5.41, 5.74) is 1.04. The third kappa shape index (κ3) is 4.18. The van der Waals surface area contributed by atoms with Crippen LogP contribution in [0.15, 0.2) is 24.8 Å². The number of halogens is 3. The molecular formula is C19H19F3N2O. The van der Waals surface area contributed by atoms with E-state index in [1.54, 1.807) is 12.2 Å². The highest BCUT2D eigenvalue weighted by Gasteiger charge is 2.34. The average molecular weight is 348 g/mol. The highest BCUT2D eigenvalue weighted by atomic mass is 19.4. The average Bonchev–Trinajstić information content (AvgIpc) is 3.41. The summed E-state index contributed by atoms with van der Waals surface area (Å²) < 4.78 is 38.9. The first-order chi connectivity index (χ1) is 11.9. The lowest BCUT2D eigenvalue weighted by Gasteiger charge is -2.17. The van der Waals surface area contributed by atoms with Crippen molar-refractivity contribution in [1.82, 2.24) is 10.3 Å². The lowest BCUT2D eigenvalue weighted by molar-refractivity contribution is -0.122. The first-order valence-corrected chi connectivity index (χ1v) is 8.27. The topological polar surface area (TPSA) is 42.0 Å². The SMILES string of the molecule is C=C(c1cc2c(c(/C=C/CNC(=O)C3CC3)n1)C=CCC2)C(F)(F)F. The Morgan fingerprint density at radius 3 is 2.84 bits per heavy atom. The molecule has 1 N–H and O–H groups in total. The second-order valence-corrected chi connectivity index (χ2v) is 6.30. The number of nitrogens with zero attached hydrogens (tertiary/aromatic N) is 1. The lowest BCUT2D eigenvalue weighted by Crippen LogP contribution is -2.24. The van der Waals surface area contributed by atoms with Crippen LogP contribution in [0.3, 0.4) is 0 Å². The van der Waals surface area contributed by atoms with Gasteiger partial charge in [0.05, 0.1) is 17.0 Å². The number of carbonyl (C=O) groups is 1. The van der Waals surface area contributed by atoms with Crippen LogP contribution in [0.5, 0.6) is 0 Å². The quantitative estimate of drug-likeness (QED) is 0.868. The van der Waals surface area contributed by atoms with Gasteiger partial charge in [-0.1, -0.05) is 24.8 Å². The number of hydrogen-bond donors (Lipinski definition) is 1. The molecule has 0 bridgehead atoms. The van der Waals surface area contributed by atoms with Crippen molar-refractivity contribution in [3.05, 3.63) is 47.3 Å². The van der Waals surface area contributed by atoms with Crippen LogP contribution in [0.25, 0.3) is 17.7 Å². The van der Waals surface area contributed by atoms with Gasteiger partial charge in [-0.05, 0) is 43.4 Å². The van der Waals surface area contributed by atoms with Crippen molar-refractivity contribution in [2.75, 3.05) is 6.54 Å². The van der Waals surface area contributed by atoms with E-state index in [9.17, 15) is 18.0 Å². The summed E-state index contributed by atoms with van der Waals surface area (Å²) in [5, 5.41) is 2.79. The van der Waals surface area contributed by atoms with E-state index in [4.69, 9.17) is 0 Å². The predicted octanol–water partition coefficient (Wildman–Crippen LogP) is 4.16. The fourth-order valence-corrected chi connectivity index (χ4v) is 2.72. The zero-order valence-electron chi connectivity index (χ0n) is 13.7. The van der Waals surface area contributed by atoms with Crippen LogP contribution >= 0.6 is 0 Å². The van der Waals surface area contributed by atoms with Crippen LogP contribution in [0.2, 0.25) is 0 Å². The Labute approximate surface area is 144 Å². The van der Waals surface area contributed by atoms with E-state index in [0.29, 0.717) is 18.7 Å². The molecule has 1 heterocycles. The van der Waals surface area contributed by atoms with Gasteiger partial charge in [-0.3, -0.25) is 4.79 Å². The summed E-state index contributed by atoms with van der Waals surface area (Å²) in [6, 6.07) is 1.47. The Morgan fingerprint density at radius 2 is 2.16 bits per heavy atom. The molecule has 0 aliphatic heterocycles. The van der Waals surface area contributed by atoms with Gasteiger partial charge in [0, 0.05) is 18.0 Å².